The van der Waals surface area contributed by atoms with Crippen LogP contribution in [0.15, 0.2) is 12.3 Å². The van der Waals surface area contributed by atoms with Crippen molar-refractivity contribution in [2.45, 2.75) is 38.5 Å². The second kappa shape index (κ2) is 6.40. The Kier molecular flexibility index (Phi) is 5.12. The molecule has 0 aliphatic heterocycles. The fraction of sp³-hybridized carbons (Fsp3) is 0.545. The number of carboxylic acids is 1. The van der Waals surface area contributed by atoms with Crippen molar-refractivity contribution in [3.05, 3.63) is 18.0 Å². The lowest BCUT2D eigenvalue weighted by atomic mass is 10.1. The lowest BCUT2D eigenvalue weighted by Crippen LogP contribution is -2.42. The van der Waals surface area contributed by atoms with E-state index in [9.17, 15) is 22.8 Å². The number of carboxylic acid groups (broad SMARTS) is 1. The molecule has 0 aliphatic rings. The molecule has 1 aromatic heterocycles. The molecule has 1 atom stereocenters. The number of nitrogens with one attached hydrogen (secondary N) is 1. The number of aliphatic carboxylic acids is 1. The van der Waals surface area contributed by atoms with Crippen molar-refractivity contribution >= 4 is 11.9 Å². The van der Waals surface area contributed by atoms with E-state index in [1.807, 2.05) is 0 Å². The zero-order chi connectivity index (χ0) is 15.3. The smallest absolute Gasteiger partial charge is 0.435 e. The highest BCUT2D eigenvalue weighted by atomic mass is 19.4. The van der Waals surface area contributed by atoms with Crippen LogP contribution < -0.4 is 5.32 Å². The minimum absolute atomic E-state index is 0.244. The second-order valence-electron chi connectivity index (χ2n) is 4.14. The largest absolute Gasteiger partial charge is 0.480 e. The van der Waals surface area contributed by atoms with Gasteiger partial charge in [-0.2, -0.15) is 18.3 Å². The van der Waals surface area contributed by atoms with Crippen LogP contribution in [0.1, 0.15) is 25.5 Å². The monoisotopic (exact) mass is 293 g/mol. The van der Waals surface area contributed by atoms with E-state index < -0.39 is 36.3 Å². The van der Waals surface area contributed by atoms with Crippen LogP contribution in [0.25, 0.3) is 0 Å². The van der Waals surface area contributed by atoms with Crippen molar-refractivity contribution in [1.29, 1.82) is 0 Å². The molecule has 1 rings (SSSR count). The Labute approximate surface area is 112 Å². The Hall–Kier alpha value is -2.06. The van der Waals surface area contributed by atoms with Gasteiger partial charge in [0.15, 0.2) is 5.69 Å². The lowest BCUT2D eigenvalue weighted by Gasteiger charge is -2.13. The number of carbonyl (C=O) groups excluding carboxylic acids is 1. The van der Waals surface area contributed by atoms with Crippen LogP contribution in [-0.4, -0.2) is 32.8 Å². The number of halogens is 3. The molecule has 0 aromatic carbocycles. The van der Waals surface area contributed by atoms with Gasteiger partial charge < -0.3 is 10.4 Å². The van der Waals surface area contributed by atoms with Gasteiger partial charge in [-0.15, -0.1) is 0 Å². The average molecular weight is 293 g/mol. The fourth-order valence-corrected chi connectivity index (χ4v) is 1.53. The topological polar surface area (TPSA) is 84.2 Å². The normalized spacial score (nSPS) is 13.0. The molecule has 1 amide bonds. The predicted octanol–water partition coefficient (Wildman–Crippen LogP) is 1.27. The van der Waals surface area contributed by atoms with Crippen LogP contribution in [0.3, 0.4) is 0 Å². The first-order chi connectivity index (χ1) is 9.24. The summed E-state index contributed by atoms with van der Waals surface area (Å²) >= 11 is 0. The van der Waals surface area contributed by atoms with E-state index in [2.05, 4.69) is 10.4 Å². The standard InChI is InChI=1S/C11H14F3N3O3/c1-2-3-7(10(19)20)15-9(18)6-17-5-4-8(16-17)11(12,13)14/h4-5,7H,2-3,6H2,1H3,(H,15,18)(H,19,20)/t7-/m1/s1. The third-order valence-electron chi connectivity index (χ3n) is 2.45. The molecule has 0 bridgehead atoms. The summed E-state index contributed by atoms with van der Waals surface area (Å²) in [5.74, 6) is -1.89. The van der Waals surface area contributed by atoms with Crippen LogP contribution in [-0.2, 0) is 22.3 Å². The summed E-state index contributed by atoms with van der Waals surface area (Å²) in [7, 11) is 0. The van der Waals surface area contributed by atoms with E-state index in [1.165, 1.54) is 0 Å². The molecule has 9 heteroatoms. The molecule has 20 heavy (non-hydrogen) atoms. The van der Waals surface area contributed by atoms with Crippen LogP contribution in [0.2, 0.25) is 0 Å². The summed E-state index contributed by atoms with van der Waals surface area (Å²) in [6.45, 7) is 1.29. The van der Waals surface area contributed by atoms with Gasteiger partial charge >= 0.3 is 12.1 Å². The Bertz CT molecular complexity index is 485. The van der Waals surface area contributed by atoms with Crippen molar-refractivity contribution in [2.24, 2.45) is 0 Å². The van der Waals surface area contributed by atoms with Crippen LogP contribution in [0.4, 0.5) is 13.2 Å². The molecule has 0 saturated carbocycles. The zero-order valence-electron chi connectivity index (χ0n) is 10.6. The molecule has 0 spiro atoms. The Morgan fingerprint density at radius 2 is 2.15 bits per heavy atom. The summed E-state index contributed by atoms with van der Waals surface area (Å²) in [6.07, 6.45) is -2.77. The van der Waals surface area contributed by atoms with Crippen LogP contribution >= 0.6 is 0 Å². The molecular weight excluding hydrogens is 279 g/mol. The number of nitrogens with zero attached hydrogens (tertiary/aromatic N) is 2. The van der Waals surface area contributed by atoms with Crippen molar-refractivity contribution in [2.75, 3.05) is 0 Å². The van der Waals surface area contributed by atoms with Crippen molar-refractivity contribution in [1.82, 2.24) is 15.1 Å². The second-order valence-corrected chi connectivity index (χ2v) is 4.14. The van der Waals surface area contributed by atoms with Gasteiger partial charge in [-0.05, 0) is 12.5 Å². The number of aromatic nitrogens is 2. The Morgan fingerprint density at radius 1 is 1.50 bits per heavy atom. The van der Waals surface area contributed by atoms with E-state index >= 15 is 0 Å². The molecule has 0 fully saturated rings. The third-order valence-corrected chi connectivity index (χ3v) is 2.45. The van der Waals surface area contributed by atoms with E-state index in [4.69, 9.17) is 5.11 Å². The summed E-state index contributed by atoms with van der Waals surface area (Å²) in [5.41, 5.74) is -1.10. The van der Waals surface area contributed by atoms with Crippen molar-refractivity contribution in [3.63, 3.8) is 0 Å². The molecule has 6 nitrogen and oxygen atoms in total. The summed E-state index contributed by atoms with van der Waals surface area (Å²) in [6, 6.07) is -0.307. The van der Waals surface area contributed by atoms with Crippen LogP contribution in [0.5, 0.6) is 0 Å². The first kappa shape index (κ1) is 16.0. The van der Waals surface area contributed by atoms with Gasteiger partial charge in [0.05, 0.1) is 0 Å². The maximum Gasteiger partial charge on any atom is 0.435 e. The first-order valence-electron chi connectivity index (χ1n) is 5.87. The molecule has 1 aromatic rings. The van der Waals surface area contributed by atoms with Gasteiger partial charge in [0.2, 0.25) is 5.91 Å². The number of amides is 1. The first-order valence-corrected chi connectivity index (χ1v) is 5.87. The average Bonchev–Trinajstić information content (AvgIpc) is 2.76. The SMILES string of the molecule is CCC[C@@H](NC(=O)Cn1ccc(C(F)(F)F)n1)C(=O)O. The summed E-state index contributed by atoms with van der Waals surface area (Å²) in [4.78, 5) is 22.4. The maximum atomic E-state index is 12.3. The number of hydrogen-bond donors (Lipinski definition) is 2. The zero-order valence-corrected chi connectivity index (χ0v) is 10.6. The van der Waals surface area contributed by atoms with Gasteiger partial charge in [-0.1, -0.05) is 13.3 Å². The number of hydrogen-bond acceptors (Lipinski definition) is 3. The summed E-state index contributed by atoms with van der Waals surface area (Å²) < 4.78 is 37.7. The molecule has 0 saturated heterocycles. The highest BCUT2D eigenvalue weighted by Crippen LogP contribution is 2.27. The third kappa shape index (κ3) is 4.56. The molecule has 0 unspecified atom stereocenters. The molecular formula is C11H14F3N3O3. The molecule has 2 N–H and O–H groups in total. The van der Waals surface area contributed by atoms with Gasteiger partial charge in [-0.3, -0.25) is 9.48 Å². The highest BCUT2D eigenvalue weighted by molar-refractivity contribution is 5.83. The van der Waals surface area contributed by atoms with Gasteiger partial charge in [-0.25, -0.2) is 4.79 Å². The summed E-state index contributed by atoms with van der Waals surface area (Å²) in [5, 5.41) is 14.3. The predicted molar refractivity (Wildman–Crippen MR) is 61.7 cm³/mol. The number of alkyl halides is 3. The van der Waals surface area contributed by atoms with Crippen LogP contribution in [0, 0.1) is 0 Å². The highest BCUT2D eigenvalue weighted by Gasteiger charge is 2.33. The molecule has 112 valence electrons. The fourth-order valence-electron chi connectivity index (χ4n) is 1.53. The van der Waals surface area contributed by atoms with Gasteiger partial charge in [0.1, 0.15) is 12.6 Å². The minimum Gasteiger partial charge on any atom is -0.480 e. The van der Waals surface area contributed by atoms with E-state index in [0.717, 1.165) is 16.9 Å². The Morgan fingerprint density at radius 3 is 2.60 bits per heavy atom. The van der Waals surface area contributed by atoms with E-state index in [1.54, 1.807) is 6.92 Å². The van der Waals surface area contributed by atoms with Crippen molar-refractivity contribution in [3.8, 4) is 0 Å². The lowest BCUT2D eigenvalue weighted by molar-refractivity contribution is -0.142. The van der Waals surface area contributed by atoms with E-state index in [-0.39, 0.29) is 6.42 Å². The van der Waals surface area contributed by atoms with Gasteiger partial charge in [0.25, 0.3) is 0 Å². The molecule has 1 heterocycles. The minimum atomic E-state index is -4.58. The quantitative estimate of drug-likeness (QED) is 0.827. The van der Waals surface area contributed by atoms with Gasteiger partial charge in [0, 0.05) is 6.20 Å². The Balaban J connectivity index is 2.62. The number of rotatable bonds is 6. The molecule has 0 aliphatic carbocycles. The number of carbonyl (C=O) groups is 2. The van der Waals surface area contributed by atoms with Crippen molar-refractivity contribution < 1.29 is 27.9 Å². The maximum absolute atomic E-state index is 12.3. The van der Waals surface area contributed by atoms with E-state index in [0.29, 0.717) is 6.42 Å². The molecule has 0 radical (unpaired) electrons.